The van der Waals surface area contributed by atoms with Gasteiger partial charge in [0, 0.05) is 43.4 Å². The van der Waals surface area contributed by atoms with E-state index in [1.165, 1.54) is 0 Å². The summed E-state index contributed by atoms with van der Waals surface area (Å²) in [5.41, 5.74) is 1.88. The molecule has 8 heteroatoms. The Morgan fingerprint density at radius 1 is 1.23 bits per heavy atom. The van der Waals surface area contributed by atoms with Crippen LogP contribution in [0.1, 0.15) is 21.7 Å². The van der Waals surface area contributed by atoms with E-state index in [9.17, 15) is 9.59 Å². The predicted octanol–water partition coefficient (Wildman–Crippen LogP) is 1.65. The number of nitrogens with zero attached hydrogens (tertiary/aromatic N) is 4. The summed E-state index contributed by atoms with van der Waals surface area (Å²) >= 11 is 6.12. The maximum atomic E-state index is 12.5. The molecule has 0 atom stereocenters. The number of aryl methyl sites for hydroxylation is 1. The van der Waals surface area contributed by atoms with Crippen molar-refractivity contribution in [1.82, 2.24) is 20.2 Å². The average Bonchev–Trinajstić information content (AvgIpc) is 2.66. The summed E-state index contributed by atoms with van der Waals surface area (Å²) in [6.45, 7) is 4.68. The van der Waals surface area contributed by atoms with Crippen molar-refractivity contribution in [2.75, 3.05) is 31.1 Å². The minimum atomic E-state index is -0.275. The molecule has 0 unspecified atom stereocenters. The Morgan fingerprint density at radius 2 is 1.96 bits per heavy atom. The summed E-state index contributed by atoms with van der Waals surface area (Å²) in [7, 11) is 0. The third-order valence-corrected chi connectivity index (χ3v) is 4.59. The van der Waals surface area contributed by atoms with Crippen molar-refractivity contribution in [2.45, 2.75) is 13.5 Å². The molecular formula is C18H20ClN5O2. The zero-order chi connectivity index (χ0) is 18.5. The largest absolute Gasteiger partial charge is 0.347 e. The van der Waals surface area contributed by atoms with Crippen LogP contribution in [0.3, 0.4) is 0 Å². The summed E-state index contributed by atoms with van der Waals surface area (Å²) in [5.74, 6) is 0.238. The van der Waals surface area contributed by atoms with Crippen LogP contribution in [0.5, 0.6) is 0 Å². The predicted molar refractivity (Wildman–Crippen MR) is 99.2 cm³/mol. The smallest absolute Gasteiger partial charge is 0.270 e. The maximum absolute atomic E-state index is 12.5. The Labute approximate surface area is 157 Å². The number of nitrogens with one attached hydrogen (secondary N) is 1. The van der Waals surface area contributed by atoms with E-state index in [1.54, 1.807) is 17.0 Å². The van der Waals surface area contributed by atoms with Crippen LogP contribution in [-0.2, 0) is 11.3 Å². The highest BCUT2D eigenvalue weighted by Gasteiger charge is 2.20. The lowest BCUT2D eigenvalue weighted by Gasteiger charge is -2.32. The number of hydrogen-bond donors (Lipinski definition) is 1. The molecule has 0 spiro atoms. The lowest BCUT2D eigenvalue weighted by atomic mass is 10.2. The first-order valence-corrected chi connectivity index (χ1v) is 8.76. The minimum Gasteiger partial charge on any atom is -0.347 e. The molecule has 1 fully saturated rings. The van der Waals surface area contributed by atoms with Gasteiger partial charge in [-0.15, -0.1) is 0 Å². The Morgan fingerprint density at radius 3 is 2.65 bits per heavy atom. The lowest BCUT2D eigenvalue weighted by molar-refractivity contribution is -0.118. The van der Waals surface area contributed by atoms with Gasteiger partial charge in [-0.2, -0.15) is 0 Å². The first kappa shape index (κ1) is 18.1. The Hall–Kier alpha value is -2.67. The zero-order valence-corrected chi connectivity index (χ0v) is 15.2. The number of piperazine rings is 1. The second-order valence-corrected chi connectivity index (χ2v) is 6.50. The molecular weight excluding hydrogens is 354 g/mol. The van der Waals surface area contributed by atoms with Crippen LogP contribution in [-0.4, -0.2) is 53.4 Å². The summed E-state index contributed by atoms with van der Waals surface area (Å²) in [4.78, 5) is 35.9. The number of anilines is 1. The maximum Gasteiger partial charge on any atom is 0.270 e. The molecule has 1 saturated heterocycles. The van der Waals surface area contributed by atoms with E-state index in [4.69, 9.17) is 11.6 Å². The highest BCUT2D eigenvalue weighted by atomic mass is 35.5. The van der Waals surface area contributed by atoms with Crippen molar-refractivity contribution in [3.63, 3.8) is 0 Å². The fourth-order valence-corrected chi connectivity index (χ4v) is 2.95. The van der Waals surface area contributed by atoms with Gasteiger partial charge in [0.25, 0.3) is 5.91 Å². The van der Waals surface area contributed by atoms with Crippen LogP contribution in [0.25, 0.3) is 0 Å². The molecule has 2 amide bonds. The van der Waals surface area contributed by atoms with E-state index in [2.05, 4.69) is 15.3 Å². The van der Waals surface area contributed by atoms with Gasteiger partial charge in [0.1, 0.15) is 5.69 Å². The number of carbonyl (C=O) groups excluding carboxylic acids is 2. The van der Waals surface area contributed by atoms with Gasteiger partial charge in [0.05, 0.1) is 0 Å². The topological polar surface area (TPSA) is 78.4 Å². The van der Waals surface area contributed by atoms with Gasteiger partial charge < -0.3 is 15.1 Å². The number of hydrogen-bond acceptors (Lipinski definition) is 5. The van der Waals surface area contributed by atoms with E-state index in [1.807, 2.05) is 30.0 Å². The van der Waals surface area contributed by atoms with Crippen LogP contribution < -0.4 is 10.2 Å². The second-order valence-electron chi connectivity index (χ2n) is 6.10. The van der Waals surface area contributed by atoms with Crippen LogP contribution >= 0.6 is 11.6 Å². The zero-order valence-electron chi connectivity index (χ0n) is 14.5. The Balaban J connectivity index is 1.70. The van der Waals surface area contributed by atoms with Crippen molar-refractivity contribution in [1.29, 1.82) is 0 Å². The standard InChI is InChI=1S/C18H20ClN5O2/c1-13-10-16(17(26)20-11-14-4-2-3-5-15(14)19)22-18(21-13)24-8-6-23(12-25)7-9-24/h2-5,10,12H,6-9,11H2,1H3,(H,20,26). The summed E-state index contributed by atoms with van der Waals surface area (Å²) in [6.07, 6.45) is 0.849. The summed E-state index contributed by atoms with van der Waals surface area (Å²) < 4.78 is 0. The normalized spacial score (nSPS) is 14.2. The molecule has 0 saturated carbocycles. The molecule has 1 aliphatic rings. The molecule has 1 aromatic carbocycles. The molecule has 0 bridgehead atoms. The number of amides is 2. The number of benzene rings is 1. The van der Waals surface area contributed by atoms with Gasteiger partial charge >= 0.3 is 0 Å². The van der Waals surface area contributed by atoms with Gasteiger partial charge in [0.2, 0.25) is 12.4 Å². The number of halogens is 1. The molecule has 2 heterocycles. The van der Waals surface area contributed by atoms with Crippen molar-refractivity contribution >= 4 is 29.9 Å². The van der Waals surface area contributed by atoms with E-state index in [0.29, 0.717) is 49.4 Å². The average molecular weight is 374 g/mol. The third kappa shape index (κ3) is 4.29. The van der Waals surface area contributed by atoms with Crippen LogP contribution in [0.15, 0.2) is 30.3 Å². The molecule has 2 aromatic rings. The van der Waals surface area contributed by atoms with Crippen molar-refractivity contribution in [2.24, 2.45) is 0 Å². The molecule has 1 aromatic heterocycles. The van der Waals surface area contributed by atoms with Gasteiger partial charge in [-0.3, -0.25) is 9.59 Å². The summed E-state index contributed by atoms with van der Waals surface area (Å²) in [6, 6.07) is 9.03. The van der Waals surface area contributed by atoms with Crippen molar-refractivity contribution < 1.29 is 9.59 Å². The van der Waals surface area contributed by atoms with Gasteiger partial charge in [-0.05, 0) is 24.6 Å². The van der Waals surface area contributed by atoms with Crippen molar-refractivity contribution in [3.05, 3.63) is 52.3 Å². The fourth-order valence-electron chi connectivity index (χ4n) is 2.75. The molecule has 136 valence electrons. The molecule has 7 nitrogen and oxygen atoms in total. The number of carbonyl (C=O) groups is 2. The van der Waals surface area contributed by atoms with E-state index in [-0.39, 0.29) is 5.91 Å². The van der Waals surface area contributed by atoms with Crippen LogP contribution in [0.2, 0.25) is 5.02 Å². The minimum absolute atomic E-state index is 0.275. The van der Waals surface area contributed by atoms with Gasteiger partial charge in [-0.25, -0.2) is 9.97 Å². The first-order chi connectivity index (χ1) is 12.6. The van der Waals surface area contributed by atoms with Gasteiger partial charge in [0.15, 0.2) is 0 Å². The third-order valence-electron chi connectivity index (χ3n) is 4.22. The number of aromatic nitrogens is 2. The first-order valence-electron chi connectivity index (χ1n) is 8.38. The quantitative estimate of drug-likeness (QED) is 0.806. The van der Waals surface area contributed by atoms with E-state index in [0.717, 1.165) is 17.7 Å². The highest BCUT2D eigenvalue weighted by Crippen LogP contribution is 2.15. The highest BCUT2D eigenvalue weighted by molar-refractivity contribution is 6.31. The fraction of sp³-hybridized carbons (Fsp3) is 0.333. The Kier molecular flexibility index (Phi) is 5.68. The van der Waals surface area contributed by atoms with E-state index >= 15 is 0 Å². The molecule has 0 radical (unpaired) electrons. The second kappa shape index (κ2) is 8.14. The van der Waals surface area contributed by atoms with Crippen LogP contribution in [0, 0.1) is 6.92 Å². The molecule has 3 rings (SSSR count). The Bertz CT molecular complexity index is 806. The molecule has 0 aliphatic carbocycles. The molecule has 1 aliphatic heterocycles. The molecule has 1 N–H and O–H groups in total. The summed E-state index contributed by atoms with van der Waals surface area (Å²) in [5, 5.41) is 3.45. The van der Waals surface area contributed by atoms with Crippen LogP contribution in [0.4, 0.5) is 5.95 Å². The SMILES string of the molecule is Cc1cc(C(=O)NCc2ccccc2Cl)nc(N2CCN(C=O)CC2)n1. The lowest BCUT2D eigenvalue weighted by Crippen LogP contribution is -2.46. The van der Waals surface area contributed by atoms with Gasteiger partial charge in [-0.1, -0.05) is 29.8 Å². The monoisotopic (exact) mass is 373 g/mol. The van der Waals surface area contributed by atoms with E-state index < -0.39 is 0 Å². The number of rotatable bonds is 5. The van der Waals surface area contributed by atoms with Crippen molar-refractivity contribution in [3.8, 4) is 0 Å². The molecule has 26 heavy (non-hydrogen) atoms.